The van der Waals surface area contributed by atoms with Gasteiger partial charge in [-0.05, 0) is 43.7 Å². The summed E-state index contributed by atoms with van der Waals surface area (Å²) >= 11 is 1.83. The Morgan fingerprint density at radius 2 is 2.20 bits per heavy atom. The van der Waals surface area contributed by atoms with Crippen LogP contribution in [0, 0.1) is 5.92 Å². The smallest absolute Gasteiger partial charge is 0.202 e. The summed E-state index contributed by atoms with van der Waals surface area (Å²) in [6, 6.07) is 1.97. The first-order chi connectivity index (χ1) is 12.3. The monoisotopic (exact) mass is 352 g/mol. The normalized spacial score (nSPS) is 17.4. The van der Waals surface area contributed by atoms with E-state index in [-0.39, 0.29) is 0 Å². The largest absolute Gasteiger partial charge is 0.272 e. The van der Waals surface area contributed by atoms with Crippen LogP contribution in [0.4, 0.5) is 0 Å². The molecule has 25 heavy (non-hydrogen) atoms. The molecule has 1 atom stereocenters. The van der Waals surface area contributed by atoms with Gasteiger partial charge in [-0.1, -0.05) is 13.3 Å². The molecule has 0 aromatic carbocycles. The van der Waals surface area contributed by atoms with Crippen molar-refractivity contribution in [3.05, 3.63) is 29.0 Å². The molecule has 7 heteroatoms. The highest BCUT2D eigenvalue weighted by Gasteiger charge is 2.25. The van der Waals surface area contributed by atoms with Crippen LogP contribution in [0.2, 0.25) is 0 Å². The first kappa shape index (κ1) is 15.0. The average Bonchev–Trinajstić information content (AvgIpc) is 3.35. The predicted octanol–water partition coefficient (Wildman–Crippen LogP) is 3.74. The second-order valence-corrected chi connectivity index (χ2v) is 7.79. The minimum Gasteiger partial charge on any atom is -0.272 e. The minimum atomic E-state index is 0.670. The van der Waals surface area contributed by atoms with E-state index in [4.69, 9.17) is 4.98 Å². The average molecular weight is 352 g/mol. The topological polar surface area (TPSA) is 60.9 Å². The Morgan fingerprint density at radius 1 is 1.28 bits per heavy atom. The third-order valence-corrected chi connectivity index (χ3v) is 6.42. The fourth-order valence-electron chi connectivity index (χ4n) is 3.76. The fourth-order valence-corrected chi connectivity index (χ4v) is 5.05. The van der Waals surface area contributed by atoms with Gasteiger partial charge in [0.2, 0.25) is 5.82 Å². The highest BCUT2D eigenvalue weighted by Crippen LogP contribution is 2.39. The van der Waals surface area contributed by atoms with Gasteiger partial charge in [-0.25, -0.2) is 14.5 Å². The first-order valence-corrected chi connectivity index (χ1v) is 9.78. The second kappa shape index (κ2) is 5.62. The molecular weight excluding hydrogens is 332 g/mol. The molecule has 4 heterocycles. The summed E-state index contributed by atoms with van der Waals surface area (Å²) in [5, 5.41) is 10.3. The molecule has 0 amide bonds. The van der Waals surface area contributed by atoms with E-state index < -0.39 is 0 Å². The molecule has 0 N–H and O–H groups in total. The maximum Gasteiger partial charge on any atom is 0.202 e. The summed E-state index contributed by atoms with van der Waals surface area (Å²) in [4.78, 5) is 12.1. The van der Waals surface area contributed by atoms with Gasteiger partial charge < -0.3 is 0 Å². The van der Waals surface area contributed by atoms with Gasteiger partial charge in [0.25, 0.3) is 0 Å². The highest BCUT2D eigenvalue weighted by molar-refractivity contribution is 7.19. The van der Waals surface area contributed by atoms with Crippen LogP contribution in [0.1, 0.15) is 37.1 Å². The van der Waals surface area contributed by atoms with Gasteiger partial charge in [0.05, 0.1) is 5.39 Å². The standard InChI is InChI=1S/C18H20N6S/c1-3-11-5-6-12-14(9-11)25-18-15(12)17-20-16(22-24(17)10-19-18)13-7-8-23(4-2)21-13/h7-8,10-11H,3-6,9H2,1-2H3. The van der Waals surface area contributed by atoms with Gasteiger partial charge in [-0.15, -0.1) is 16.4 Å². The van der Waals surface area contributed by atoms with Crippen molar-refractivity contribution in [1.29, 1.82) is 0 Å². The number of aryl methyl sites for hydroxylation is 2. The van der Waals surface area contributed by atoms with E-state index >= 15 is 0 Å². The molecule has 1 aliphatic carbocycles. The van der Waals surface area contributed by atoms with Crippen LogP contribution in [0.15, 0.2) is 18.6 Å². The van der Waals surface area contributed by atoms with Crippen molar-refractivity contribution in [2.75, 3.05) is 0 Å². The van der Waals surface area contributed by atoms with Gasteiger partial charge in [-0.2, -0.15) is 5.10 Å². The van der Waals surface area contributed by atoms with Gasteiger partial charge in [0.15, 0.2) is 5.65 Å². The number of hydrogen-bond acceptors (Lipinski definition) is 5. The Balaban J connectivity index is 1.68. The van der Waals surface area contributed by atoms with Crippen LogP contribution < -0.4 is 0 Å². The molecule has 1 aliphatic rings. The molecule has 0 bridgehead atoms. The third kappa shape index (κ3) is 2.29. The Kier molecular flexibility index (Phi) is 3.38. The van der Waals surface area contributed by atoms with Crippen molar-refractivity contribution in [1.82, 2.24) is 29.4 Å². The quantitative estimate of drug-likeness (QED) is 0.563. The lowest BCUT2D eigenvalue weighted by molar-refractivity contribution is 0.451. The van der Waals surface area contributed by atoms with E-state index in [1.54, 1.807) is 6.33 Å². The number of nitrogens with zero attached hydrogens (tertiary/aromatic N) is 6. The SMILES string of the molecule is CCC1CCc2c(sc3ncn4nc(-c5ccn(CC)n5)nc4c23)C1. The van der Waals surface area contributed by atoms with E-state index in [9.17, 15) is 0 Å². The van der Waals surface area contributed by atoms with E-state index in [1.165, 1.54) is 35.1 Å². The van der Waals surface area contributed by atoms with Gasteiger partial charge in [0.1, 0.15) is 16.9 Å². The maximum atomic E-state index is 4.82. The highest BCUT2D eigenvalue weighted by atomic mass is 32.1. The van der Waals surface area contributed by atoms with Crippen molar-refractivity contribution < 1.29 is 0 Å². The zero-order valence-electron chi connectivity index (χ0n) is 14.4. The van der Waals surface area contributed by atoms with Crippen LogP contribution >= 0.6 is 11.3 Å². The Bertz CT molecular complexity index is 1070. The van der Waals surface area contributed by atoms with Gasteiger partial charge in [0, 0.05) is 17.6 Å². The van der Waals surface area contributed by atoms with Crippen molar-refractivity contribution in [2.24, 2.45) is 5.92 Å². The Hall–Kier alpha value is -2.28. The molecule has 0 fully saturated rings. The van der Waals surface area contributed by atoms with E-state index in [0.717, 1.165) is 35.1 Å². The Morgan fingerprint density at radius 3 is 3.00 bits per heavy atom. The molecule has 0 radical (unpaired) electrons. The number of hydrogen-bond donors (Lipinski definition) is 0. The zero-order valence-corrected chi connectivity index (χ0v) is 15.3. The van der Waals surface area contributed by atoms with E-state index in [0.29, 0.717) is 5.82 Å². The molecule has 1 unspecified atom stereocenters. The minimum absolute atomic E-state index is 0.670. The van der Waals surface area contributed by atoms with E-state index in [1.807, 2.05) is 32.8 Å². The molecule has 0 saturated carbocycles. The van der Waals surface area contributed by atoms with Crippen LogP contribution in [0.25, 0.3) is 27.4 Å². The lowest BCUT2D eigenvalue weighted by Gasteiger charge is -2.20. The van der Waals surface area contributed by atoms with Crippen molar-refractivity contribution >= 4 is 27.2 Å². The molecule has 4 aromatic heterocycles. The molecular formula is C18H20N6S. The van der Waals surface area contributed by atoms with E-state index in [2.05, 4.69) is 29.0 Å². The summed E-state index contributed by atoms with van der Waals surface area (Å²) in [5.41, 5.74) is 3.17. The number of aromatic nitrogens is 6. The van der Waals surface area contributed by atoms with Crippen molar-refractivity contribution in [2.45, 2.75) is 46.1 Å². The maximum absolute atomic E-state index is 4.82. The molecule has 0 aliphatic heterocycles. The predicted molar refractivity (Wildman–Crippen MR) is 98.9 cm³/mol. The molecule has 0 spiro atoms. The van der Waals surface area contributed by atoms with Crippen LogP contribution in [0.5, 0.6) is 0 Å². The zero-order chi connectivity index (χ0) is 17.0. The lowest BCUT2D eigenvalue weighted by atomic mass is 9.86. The first-order valence-electron chi connectivity index (χ1n) is 8.96. The summed E-state index contributed by atoms with van der Waals surface area (Å²) < 4.78 is 3.70. The molecule has 0 saturated heterocycles. The van der Waals surface area contributed by atoms with Gasteiger partial charge in [-0.3, -0.25) is 4.68 Å². The van der Waals surface area contributed by atoms with Crippen molar-refractivity contribution in [3.63, 3.8) is 0 Å². The van der Waals surface area contributed by atoms with Crippen molar-refractivity contribution in [3.8, 4) is 11.5 Å². The number of thiophene rings is 1. The summed E-state index contributed by atoms with van der Waals surface area (Å²) in [5.74, 6) is 1.48. The number of fused-ring (bicyclic) bond motifs is 5. The van der Waals surface area contributed by atoms with Crippen LogP contribution in [-0.2, 0) is 19.4 Å². The number of rotatable bonds is 3. The molecule has 5 rings (SSSR count). The molecule has 6 nitrogen and oxygen atoms in total. The molecule has 4 aromatic rings. The fraction of sp³-hybridized carbons (Fsp3) is 0.444. The second-order valence-electron chi connectivity index (χ2n) is 6.71. The van der Waals surface area contributed by atoms with Crippen LogP contribution in [0.3, 0.4) is 0 Å². The Labute approximate surface area is 149 Å². The third-order valence-electron chi connectivity index (χ3n) is 5.26. The summed E-state index contributed by atoms with van der Waals surface area (Å²) in [6.45, 7) is 5.21. The lowest BCUT2D eigenvalue weighted by Crippen LogP contribution is -2.11. The summed E-state index contributed by atoms with van der Waals surface area (Å²) in [7, 11) is 0. The van der Waals surface area contributed by atoms with Crippen LogP contribution in [-0.4, -0.2) is 29.4 Å². The molecule has 128 valence electrons. The van der Waals surface area contributed by atoms with Gasteiger partial charge >= 0.3 is 0 Å². The summed E-state index contributed by atoms with van der Waals surface area (Å²) in [6.07, 6.45) is 8.57.